The smallest absolute Gasteiger partial charge is 0.255 e. The van der Waals surface area contributed by atoms with E-state index in [2.05, 4.69) is 52.8 Å². The molecular formula is C33H39N3O3. The maximum atomic E-state index is 13.3. The van der Waals surface area contributed by atoms with Gasteiger partial charge >= 0.3 is 0 Å². The first-order valence-corrected chi connectivity index (χ1v) is 14.4. The molecule has 39 heavy (non-hydrogen) atoms. The Morgan fingerprint density at radius 3 is 2.33 bits per heavy atom. The van der Waals surface area contributed by atoms with Crippen LogP contribution in [0.5, 0.6) is 5.75 Å². The molecule has 5 rings (SSSR count). The van der Waals surface area contributed by atoms with Crippen molar-refractivity contribution in [2.45, 2.75) is 57.9 Å². The van der Waals surface area contributed by atoms with E-state index in [-0.39, 0.29) is 17.9 Å². The highest BCUT2D eigenvalue weighted by Gasteiger charge is 2.28. The van der Waals surface area contributed by atoms with E-state index in [1.54, 1.807) is 12.1 Å². The minimum atomic E-state index is -0.210. The molecule has 2 amide bonds. The van der Waals surface area contributed by atoms with E-state index in [0.717, 1.165) is 69.5 Å². The number of carbonyl (C=O) groups is 2. The van der Waals surface area contributed by atoms with E-state index < -0.39 is 0 Å². The lowest BCUT2D eigenvalue weighted by atomic mass is 9.89. The maximum Gasteiger partial charge on any atom is 0.255 e. The summed E-state index contributed by atoms with van der Waals surface area (Å²) < 4.78 is 5.70. The topological polar surface area (TPSA) is 70.7 Å². The Morgan fingerprint density at radius 1 is 0.897 bits per heavy atom. The molecule has 3 aromatic rings. The molecule has 0 atom stereocenters. The molecule has 2 fully saturated rings. The molecule has 1 aliphatic carbocycles. The summed E-state index contributed by atoms with van der Waals surface area (Å²) in [6.45, 7) is 4.63. The minimum absolute atomic E-state index is 0.0661. The van der Waals surface area contributed by atoms with Crippen LogP contribution in [0.3, 0.4) is 0 Å². The third-order valence-corrected chi connectivity index (χ3v) is 7.62. The van der Waals surface area contributed by atoms with Gasteiger partial charge in [0.05, 0.1) is 12.2 Å². The fraction of sp³-hybridized carbons (Fsp3) is 0.394. The molecule has 2 aliphatic rings. The van der Waals surface area contributed by atoms with Crippen LogP contribution in [0, 0.1) is 5.92 Å². The summed E-state index contributed by atoms with van der Waals surface area (Å²) in [6.07, 6.45) is 7.42. The van der Waals surface area contributed by atoms with Gasteiger partial charge in [0.15, 0.2) is 0 Å². The molecule has 3 aromatic carbocycles. The van der Waals surface area contributed by atoms with Crippen molar-refractivity contribution in [1.29, 1.82) is 0 Å². The van der Waals surface area contributed by atoms with Crippen LogP contribution in [0.4, 0.5) is 11.4 Å². The Kier molecular flexibility index (Phi) is 8.82. The molecule has 204 valence electrons. The normalized spacial score (nSPS) is 15.6. The number of carbonyl (C=O) groups excluding carboxylic acids is 2. The van der Waals surface area contributed by atoms with E-state index in [9.17, 15) is 9.59 Å². The van der Waals surface area contributed by atoms with Crippen molar-refractivity contribution in [2.75, 3.05) is 29.9 Å². The Bertz CT molecular complexity index is 1250. The molecular weight excluding hydrogens is 486 g/mol. The first-order chi connectivity index (χ1) is 19.1. The molecule has 2 N–H and O–H groups in total. The molecule has 0 bridgehead atoms. The molecule has 6 heteroatoms. The third-order valence-electron chi connectivity index (χ3n) is 7.62. The van der Waals surface area contributed by atoms with Crippen molar-refractivity contribution in [2.24, 2.45) is 5.92 Å². The van der Waals surface area contributed by atoms with Gasteiger partial charge in [0.2, 0.25) is 0 Å². The number of benzene rings is 3. The Labute approximate surface area is 231 Å². The summed E-state index contributed by atoms with van der Waals surface area (Å²) in [5, 5.41) is 6.12. The molecule has 1 aliphatic heterocycles. The zero-order chi connectivity index (χ0) is 27.0. The molecule has 1 heterocycles. The van der Waals surface area contributed by atoms with E-state index in [1.807, 2.05) is 30.3 Å². The molecule has 0 aromatic heterocycles. The fourth-order valence-corrected chi connectivity index (χ4v) is 5.13. The number of rotatable bonds is 11. The van der Waals surface area contributed by atoms with E-state index in [1.165, 1.54) is 5.56 Å². The lowest BCUT2D eigenvalue weighted by Gasteiger charge is -2.35. The van der Waals surface area contributed by atoms with Crippen LogP contribution < -0.4 is 20.3 Å². The second kappa shape index (κ2) is 12.8. The summed E-state index contributed by atoms with van der Waals surface area (Å²) in [5.74, 6) is 1.13. The van der Waals surface area contributed by atoms with Gasteiger partial charge in [0.1, 0.15) is 5.75 Å². The van der Waals surface area contributed by atoms with Crippen molar-refractivity contribution >= 4 is 23.2 Å². The first-order valence-electron chi connectivity index (χ1n) is 14.4. The highest BCUT2D eigenvalue weighted by molar-refractivity contribution is 6.06. The number of hydrogen-bond acceptors (Lipinski definition) is 4. The van der Waals surface area contributed by atoms with Crippen LogP contribution in [0.1, 0.15) is 71.7 Å². The van der Waals surface area contributed by atoms with Gasteiger partial charge in [-0.25, -0.2) is 0 Å². The molecule has 0 unspecified atom stereocenters. The summed E-state index contributed by atoms with van der Waals surface area (Å²) in [4.78, 5) is 28.5. The van der Waals surface area contributed by atoms with Crippen molar-refractivity contribution in [3.8, 4) is 5.75 Å². The van der Waals surface area contributed by atoms with Gasteiger partial charge in [-0.3, -0.25) is 9.59 Å². The van der Waals surface area contributed by atoms with Crippen LogP contribution in [-0.2, 0) is 6.42 Å². The SMILES string of the molecule is CCCCOc1ccc(C(=O)Nc2ccc(N3CCC(Cc4ccccc4)CC3)c(C(=O)NC3CC3)c2)cc1. The first kappa shape index (κ1) is 26.8. The molecule has 1 saturated heterocycles. The Hall–Kier alpha value is -3.80. The summed E-state index contributed by atoms with van der Waals surface area (Å²) in [7, 11) is 0. The summed E-state index contributed by atoms with van der Waals surface area (Å²) in [5.41, 5.74) is 4.12. The average molecular weight is 526 g/mol. The zero-order valence-corrected chi connectivity index (χ0v) is 22.8. The fourth-order valence-electron chi connectivity index (χ4n) is 5.13. The van der Waals surface area contributed by atoms with Gasteiger partial charge in [-0.15, -0.1) is 0 Å². The second-order valence-electron chi connectivity index (χ2n) is 10.8. The standard InChI is InChI=1S/C33H39N3O3/c1-2-3-21-39-29-14-9-26(10-15-29)32(37)35-28-13-16-31(30(23-28)33(38)34-27-11-12-27)36-19-17-25(18-20-36)22-24-7-5-4-6-8-24/h4-10,13-16,23,25,27H,2-3,11-12,17-22H2,1H3,(H,34,38)(H,35,37). The second-order valence-corrected chi connectivity index (χ2v) is 10.8. The van der Waals surface area contributed by atoms with E-state index in [4.69, 9.17) is 4.74 Å². The largest absolute Gasteiger partial charge is 0.494 e. The summed E-state index contributed by atoms with van der Waals surface area (Å²) >= 11 is 0. The Morgan fingerprint density at radius 2 is 1.64 bits per heavy atom. The predicted molar refractivity (Wildman–Crippen MR) is 157 cm³/mol. The van der Waals surface area contributed by atoms with Gasteiger partial charge < -0.3 is 20.3 Å². The van der Waals surface area contributed by atoms with E-state index in [0.29, 0.717) is 29.3 Å². The Balaban J connectivity index is 1.25. The van der Waals surface area contributed by atoms with E-state index >= 15 is 0 Å². The van der Waals surface area contributed by atoms with Crippen molar-refractivity contribution in [3.05, 3.63) is 89.5 Å². The average Bonchev–Trinajstić information content (AvgIpc) is 3.78. The predicted octanol–water partition coefficient (Wildman–Crippen LogP) is 6.47. The van der Waals surface area contributed by atoms with Crippen molar-refractivity contribution < 1.29 is 14.3 Å². The van der Waals surface area contributed by atoms with Gasteiger partial charge in [-0.1, -0.05) is 43.7 Å². The van der Waals surface area contributed by atoms with Crippen LogP contribution >= 0.6 is 0 Å². The van der Waals surface area contributed by atoms with Crippen LogP contribution in [0.2, 0.25) is 0 Å². The number of ether oxygens (including phenoxy) is 1. The lowest BCUT2D eigenvalue weighted by molar-refractivity contribution is 0.0950. The van der Waals surface area contributed by atoms with Gasteiger partial charge in [-0.05, 0) is 92.5 Å². The maximum absolute atomic E-state index is 13.3. The number of hydrogen-bond donors (Lipinski definition) is 2. The number of unbranched alkanes of at least 4 members (excludes halogenated alkanes) is 1. The number of nitrogens with zero attached hydrogens (tertiary/aromatic N) is 1. The van der Waals surface area contributed by atoms with Crippen LogP contribution in [-0.4, -0.2) is 37.6 Å². The highest BCUT2D eigenvalue weighted by atomic mass is 16.5. The molecule has 0 spiro atoms. The number of anilines is 2. The van der Waals surface area contributed by atoms with Crippen molar-refractivity contribution in [3.63, 3.8) is 0 Å². The number of piperidine rings is 1. The van der Waals surface area contributed by atoms with Crippen LogP contribution in [0.25, 0.3) is 0 Å². The lowest BCUT2D eigenvalue weighted by Crippen LogP contribution is -2.36. The van der Waals surface area contributed by atoms with Crippen LogP contribution in [0.15, 0.2) is 72.8 Å². The highest BCUT2D eigenvalue weighted by Crippen LogP contribution is 2.31. The van der Waals surface area contributed by atoms with Crippen molar-refractivity contribution in [1.82, 2.24) is 5.32 Å². The number of nitrogens with one attached hydrogen (secondary N) is 2. The number of amides is 2. The molecule has 1 saturated carbocycles. The van der Waals surface area contributed by atoms with Gasteiger partial charge in [0.25, 0.3) is 11.8 Å². The quantitative estimate of drug-likeness (QED) is 0.282. The molecule has 6 nitrogen and oxygen atoms in total. The molecule has 0 radical (unpaired) electrons. The third kappa shape index (κ3) is 7.41. The zero-order valence-electron chi connectivity index (χ0n) is 22.8. The minimum Gasteiger partial charge on any atom is -0.494 e. The van der Waals surface area contributed by atoms with Gasteiger partial charge in [0, 0.05) is 36.1 Å². The van der Waals surface area contributed by atoms with Gasteiger partial charge in [-0.2, -0.15) is 0 Å². The monoisotopic (exact) mass is 525 g/mol. The summed E-state index contributed by atoms with van der Waals surface area (Å²) in [6, 6.07) is 23.8.